The van der Waals surface area contributed by atoms with Crippen LogP contribution >= 0.6 is 27.3 Å². The van der Waals surface area contributed by atoms with Gasteiger partial charge in [-0.15, -0.1) is 11.3 Å². The van der Waals surface area contributed by atoms with E-state index in [2.05, 4.69) is 63.9 Å². The minimum atomic E-state index is 0.282. The molecule has 1 nitrogen and oxygen atoms in total. The Morgan fingerprint density at radius 3 is 2.71 bits per heavy atom. The van der Waals surface area contributed by atoms with E-state index < -0.39 is 0 Å². The van der Waals surface area contributed by atoms with Gasteiger partial charge in [-0.1, -0.05) is 31.2 Å². The van der Waals surface area contributed by atoms with E-state index in [4.69, 9.17) is 0 Å². The van der Waals surface area contributed by atoms with E-state index in [-0.39, 0.29) is 6.04 Å². The van der Waals surface area contributed by atoms with Gasteiger partial charge in [-0.3, -0.25) is 0 Å². The summed E-state index contributed by atoms with van der Waals surface area (Å²) in [5.41, 5.74) is 4.03. The molecule has 0 amide bonds. The first kappa shape index (κ1) is 12.8. The Bertz CT molecular complexity index is 492. The van der Waals surface area contributed by atoms with E-state index >= 15 is 0 Å². The number of hydrogen-bond donors (Lipinski definition) is 1. The minimum Gasteiger partial charge on any atom is -0.309 e. The van der Waals surface area contributed by atoms with E-state index in [1.165, 1.54) is 20.5 Å². The third-order valence-corrected chi connectivity index (χ3v) is 4.43. The lowest BCUT2D eigenvalue weighted by molar-refractivity contribution is 0.693. The minimum absolute atomic E-state index is 0.282. The molecular formula is C14H16BrNS. The first-order valence-corrected chi connectivity index (χ1v) is 7.42. The van der Waals surface area contributed by atoms with E-state index in [9.17, 15) is 0 Å². The molecule has 0 saturated carbocycles. The summed E-state index contributed by atoms with van der Waals surface area (Å²) >= 11 is 5.25. The Morgan fingerprint density at radius 2 is 2.12 bits per heavy atom. The number of nitrogens with one attached hydrogen (secondary N) is 1. The summed E-state index contributed by atoms with van der Waals surface area (Å²) in [5.74, 6) is 0. The lowest BCUT2D eigenvalue weighted by atomic mass is 9.99. The summed E-state index contributed by atoms with van der Waals surface area (Å²) in [6.45, 7) is 2.19. The molecule has 0 bridgehead atoms. The first-order valence-electron chi connectivity index (χ1n) is 5.74. The highest BCUT2D eigenvalue weighted by Gasteiger charge is 2.13. The summed E-state index contributed by atoms with van der Waals surface area (Å²) in [6.07, 6.45) is 1.08. The molecule has 1 N–H and O–H groups in total. The molecule has 17 heavy (non-hydrogen) atoms. The van der Waals surface area contributed by atoms with Gasteiger partial charge in [0.2, 0.25) is 0 Å². The molecule has 2 aromatic rings. The number of hydrogen-bond acceptors (Lipinski definition) is 2. The van der Waals surface area contributed by atoms with Crippen molar-refractivity contribution < 1.29 is 0 Å². The Morgan fingerprint density at radius 1 is 1.29 bits per heavy atom. The van der Waals surface area contributed by atoms with Gasteiger partial charge in [0, 0.05) is 0 Å². The van der Waals surface area contributed by atoms with E-state index in [0.29, 0.717) is 0 Å². The normalized spacial score (nSPS) is 12.6. The van der Waals surface area contributed by atoms with Gasteiger partial charge in [-0.2, -0.15) is 0 Å². The molecule has 1 heterocycles. The third-order valence-electron chi connectivity index (χ3n) is 2.90. The molecule has 0 spiro atoms. The van der Waals surface area contributed by atoms with E-state index in [0.717, 1.165) is 6.42 Å². The maximum Gasteiger partial charge on any atom is 0.0701 e. The van der Waals surface area contributed by atoms with Crippen molar-refractivity contribution in [2.24, 2.45) is 0 Å². The van der Waals surface area contributed by atoms with Crippen molar-refractivity contribution in [3.05, 3.63) is 56.2 Å². The first-order chi connectivity index (χ1) is 8.24. The largest absolute Gasteiger partial charge is 0.309 e. The van der Waals surface area contributed by atoms with Crippen LogP contribution in [0.2, 0.25) is 0 Å². The van der Waals surface area contributed by atoms with Crippen LogP contribution in [0.4, 0.5) is 0 Å². The van der Waals surface area contributed by atoms with Crippen LogP contribution in [-0.4, -0.2) is 7.05 Å². The van der Waals surface area contributed by atoms with Crippen molar-refractivity contribution in [2.75, 3.05) is 7.05 Å². The van der Waals surface area contributed by atoms with Gasteiger partial charge in [0.05, 0.1) is 9.83 Å². The van der Waals surface area contributed by atoms with Crippen molar-refractivity contribution in [3.8, 4) is 0 Å². The third kappa shape index (κ3) is 2.97. The summed E-state index contributed by atoms with van der Waals surface area (Å²) in [4.78, 5) is 0. The fourth-order valence-corrected chi connectivity index (χ4v) is 3.19. The van der Waals surface area contributed by atoms with Crippen molar-refractivity contribution in [1.82, 2.24) is 5.32 Å². The molecule has 1 unspecified atom stereocenters. The monoisotopic (exact) mass is 309 g/mol. The number of halogens is 1. The second-order valence-corrected chi connectivity index (χ2v) is 6.29. The fourth-order valence-electron chi connectivity index (χ4n) is 1.99. The quantitative estimate of drug-likeness (QED) is 0.883. The summed E-state index contributed by atoms with van der Waals surface area (Å²) in [7, 11) is 2.01. The predicted molar refractivity (Wildman–Crippen MR) is 78.7 cm³/mol. The van der Waals surface area contributed by atoms with Crippen LogP contribution in [0.3, 0.4) is 0 Å². The molecule has 1 atom stereocenters. The van der Waals surface area contributed by atoms with E-state index in [1.807, 2.05) is 7.05 Å². The highest BCUT2D eigenvalue weighted by atomic mass is 79.9. The maximum absolute atomic E-state index is 3.52. The van der Waals surface area contributed by atoms with Crippen LogP contribution in [0.25, 0.3) is 0 Å². The summed E-state index contributed by atoms with van der Waals surface area (Å²) < 4.78 is 1.18. The van der Waals surface area contributed by atoms with Crippen LogP contribution in [0.1, 0.15) is 29.7 Å². The molecule has 3 heteroatoms. The zero-order valence-electron chi connectivity index (χ0n) is 10.0. The van der Waals surface area contributed by atoms with Crippen LogP contribution in [0.5, 0.6) is 0 Å². The molecule has 1 aromatic carbocycles. The van der Waals surface area contributed by atoms with Crippen molar-refractivity contribution in [1.29, 1.82) is 0 Å². The Balaban J connectivity index is 2.34. The topological polar surface area (TPSA) is 12.0 Å². The molecule has 90 valence electrons. The van der Waals surface area contributed by atoms with Crippen LogP contribution in [0, 0.1) is 0 Å². The lowest BCUT2D eigenvalue weighted by Gasteiger charge is -2.16. The van der Waals surface area contributed by atoms with Gasteiger partial charge >= 0.3 is 0 Å². The second kappa shape index (κ2) is 5.80. The summed E-state index contributed by atoms with van der Waals surface area (Å²) in [5, 5.41) is 5.58. The van der Waals surface area contributed by atoms with Crippen LogP contribution < -0.4 is 5.32 Å². The molecule has 2 rings (SSSR count). The number of rotatable bonds is 4. The van der Waals surface area contributed by atoms with Gasteiger partial charge < -0.3 is 5.32 Å². The average molecular weight is 310 g/mol. The number of aryl methyl sites for hydroxylation is 1. The molecule has 0 aliphatic rings. The van der Waals surface area contributed by atoms with Crippen molar-refractivity contribution in [3.63, 3.8) is 0 Å². The van der Waals surface area contributed by atoms with E-state index in [1.54, 1.807) is 11.3 Å². The molecule has 0 fully saturated rings. The summed E-state index contributed by atoms with van der Waals surface area (Å²) in [6, 6.07) is 11.3. The molecule has 0 aliphatic carbocycles. The second-order valence-electron chi connectivity index (χ2n) is 4.00. The molecule has 1 aromatic heterocycles. The lowest BCUT2D eigenvalue weighted by Crippen LogP contribution is -2.17. The van der Waals surface area contributed by atoms with Crippen LogP contribution in [0.15, 0.2) is 39.5 Å². The molecule has 0 aliphatic heterocycles. The Hall–Kier alpha value is -0.640. The SMILES string of the molecule is CCc1cccc(C(NC)c2csc(Br)c2)c1. The smallest absolute Gasteiger partial charge is 0.0701 e. The molecule has 0 saturated heterocycles. The van der Waals surface area contributed by atoms with Crippen molar-refractivity contribution >= 4 is 27.3 Å². The zero-order chi connectivity index (χ0) is 12.3. The van der Waals surface area contributed by atoms with Crippen LogP contribution in [-0.2, 0) is 6.42 Å². The highest BCUT2D eigenvalue weighted by Crippen LogP contribution is 2.29. The fraction of sp³-hybridized carbons (Fsp3) is 0.286. The van der Waals surface area contributed by atoms with Gasteiger partial charge in [0.1, 0.15) is 0 Å². The van der Waals surface area contributed by atoms with Gasteiger partial charge in [0.25, 0.3) is 0 Å². The number of thiophene rings is 1. The van der Waals surface area contributed by atoms with Gasteiger partial charge in [-0.25, -0.2) is 0 Å². The average Bonchev–Trinajstić information content (AvgIpc) is 2.77. The van der Waals surface area contributed by atoms with Gasteiger partial charge in [-0.05, 0) is 57.5 Å². The molecular weight excluding hydrogens is 294 g/mol. The Labute approximate surface area is 115 Å². The Kier molecular flexibility index (Phi) is 4.37. The number of benzene rings is 1. The standard InChI is InChI=1S/C14H16BrNS/c1-3-10-5-4-6-11(7-10)14(16-2)12-8-13(15)17-9-12/h4-9,14,16H,3H2,1-2H3. The van der Waals surface area contributed by atoms with Gasteiger partial charge in [0.15, 0.2) is 0 Å². The highest BCUT2D eigenvalue weighted by molar-refractivity contribution is 9.11. The zero-order valence-corrected chi connectivity index (χ0v) is 12.4. The predicted octanol–water partition coefficient (Wildman–Crippen LogP) is 4.38. The molecule has 0 radical (unpaired) electrons. The maximum atomic E-state index is 3.52. The van der Waals surface area contributed by atoms with Crippen molar-refractivity contribution in [2.45, 2.75) is 19.4 Å².